The molecule has 0 aliphatic carbocycles. The van der Waals surface area contributed by atoms with Gasteiger partial charge >= 0.3 is 0 Å². The van der Waals surface area contributed by atoms with Gasteiger partial charge in [-0.15, -0.1) is 0 Å². The van der Waals surface area contributed by atoms with Crippen molar-refractivity contribution in [3.63, 3.8) is 0 Å². The van der Waals surface area contributed by atoms with Gasteiger partial charge in [0, 0.05) is 4.47 Å². The van der Waals surface area contributed by atoms with Crippen molar-refractivity contribution < 1.29 is 4.74 Å². The Morgan fingerprint density at radius 3 is 2.59 bits per heavy atom. The number of rotatable bonds is 5. The van der Waals surface area contributed by atoms with Gasteiger partial charge in [0.05, 0.1) is 0 Å². The number of benzene rings is 1. The summed E-state index contributed by atoms with van der Waals surface area (Å²) in [6.07, 6.45) is 0.358. The molecule has 0 aliphatic heterocycles. The van der Waals surface area contributed by atoms with Crippen LogP contribution in [0.4, 0.5) is 0 Å². The summed E-state index contributed by atoms with van der Waals surface area (Å²) in [5.41, 5.74) is 6.62. The summed E-state index contributed by atoms with van der Waals surface area (Å²) in [7, 11) is 0. The fourth-order valence-electron chi connectivity index (χ4n) is 1.60. The minimum absolute atomic E-state index is 0.0742. The molecule has 3 nitrogen and oxygen atoms in total. The average molecular weight is 299 g/mol. The van der Waals surface area contributed by atoms with Gasteiger partial charge in [0.15, 0.2) is 6.10 Å². The van der Waals surface area contributed by atoms with Crippen LogP contribution in [0.2, 0.25) is 0 Å². The first kappa shape index (κ1) is 14.0. The molecule has 17 heavy (non-hydrogen) atoms. The Morgan fingerprint density at radius 1 is 1.47 bits per heavy atom. The molecule has 0 fully saturated rings. The van der Waals surface area contributed by atoms with Crippen LogP contribution < -0.4 is 10.5 Å². The average Bonchev–Trinajstić information content (AvgIpc) is 2.26. The molecule has 0 aromatic heterocycles. The monoisotopic (exact) mass is 298 g/mol. The van der Waals surface area contributed by atoms with Gasteiger partial charge in [0.2, 0.25) is 0 Å². The van der Waals surface area contributed by atoms with Gasteiger partial charge in [-0.2, -0.15) is 0 Å². The molecule has 0 radical (unpaired) electrons. The van der Waals surface area contributed by atoms with Gasteiger partial charge in [-0.05, 0) is 36.1 Å². The second-order valence-electron chi connectivity index (χ2n) is 4.31. The molecule has 4 heteroatoms. The number of hydrogen-bond donors (Lipinski definition) is 2. The van der Waals surface area contributed by atoms with E-state index in [1.54, 1.807) is 0 Å². The summed E-state index contributed by atoms with van der Waals surface area (Å²) < 4.78 is 6.83. The van der Waals surface area contributed by atoms with Gasteiger partial charge in [0.25, 0.3) is 0 Å². The molecule has 1 atom stereocenters. The van der Waals surface area contributed by atoms with E-state index in [-0.39, 0.29) is 11.9 Å². The highest BCUT2D eigenvalue weighted by molar-refractivity contribution is 9.10. The summed E-state index contributed by atoms with van der Waals surface area (Å²) in [5, 5.41) is 7.46. The van der Waals surface area contributed by atoms with Gasteiger partial charge in [-0.3, -0.25) is 5.41 Å². The molecule has 0 saturated carbocycles. The van der Waals surface area contributed by atoms with Crippen molar-refractivity contribution in [2.45, 2.75) is 39.2 Å². The number of nitrogens with two attached hydrogens (primary N) is 1. The Morgan fingerprint density at radius 2 is 2.12 bits per heavy atom. The highest BCUT2D eigenvalue weighted by atomic mass is 79.9. The van der Waals surface area contributed by atoms with Crippen molar-refractivity contribution in [3.05, 3.63) is 28.2 Å². The van der Waals surface area contributed by atoms with Crippen molar-refractivity contribution >= 4 is 21.8 Å². The lowest BCUT2D eigenvalue weighted by Crippen LogP contribution is -2.32. The van der Waals surface area contributed by atoms with Crippen molar-refractivity contribution in [1.82, 2.24) is 0 Å². The summed E-state index contributed by atoms with van der Waals surface area (Å²) >= 11 is 3.45. The number of hydrogen-bond acceptors (Lipinski definition) is 2. The van der Waals surface area contributed by atoms with E-state index in [1.165, 1.54) is 0 Å². The molecule has 1 unspecified atom stereocenters. The summed E-state index contributed by atoms with van der Waals surface area (Å²) in [4.78, 5) is 0. The van der Waals surface area contributed by atoms with Crippen LogP contribution in [0.5, 0.6) is 5.75 Å². The van der Waals surface area contributed by atoms with Crippen LogP contribution in [-0.4, -0.2) is 11.9 Å². The van der Waals surface area contributed by atoms with Gasteiger partial charge < -0.3 is 10.5 Å². The molecule has 1 rings (SSSR count). The van der Waals surface area contributed by atoms with Crippen LogP contribution in [0.25, 0.3) is 0 Å². The maximum atomic E-state index is 7.46. The maximum absolute atomic E-state index is 7.46. The number of amidine groups is 1. The molecule has 0 amide bonds. The zero-order valence-electron chi connectivity index (χ0n) is 10.5. The standard InChI is InChI=1S/C13H19BrN2O/c1-4-11(13(15)16)17-12-6-5-9(14)7-10(12)8(2)3/h5-8,11H,4H2,1-3H3,(H3,15,16). The highest BCUT2D eigenvalue weighted by Crippen LogP contribution is 2.30. The van der Waals surface area contributed by atoms with Crippen LogP contribution >= 0.6 is 15.9 Å². The Labute approximate surface area is 111 Å². The predicted molar refractivity (Wildman–Crippen MR) is 74.9 cm³/mol. The SMILES string of the molecule is CCC(Oc1ccc(Br)cc1C(C)C)C(=N)N. The van der Waals surface area contributed by atoms with Crippen molar-refractivity contribution in [1.29, 1.82) is 5.41 Å². The molecule has 3 N–H and O–H groups in total. The van der Waals surface area contributed by atoms with Crippen LogP contribution in [0.1, 0.15) is 38.7 Å². The van der Waals surface area contributed by atoms with Crippen LogP contribution in [0.15, 0.2) is 22.7 Å². The largest absolute Gasteiger partial charge is 0.482 e. The lowest BCUT2D eigenvalue weighted by molar-refractivity contribution is 0.257. The summed E-state index contributed by atoms with van der Waals surface area (Å²) in [5.74, 6) is 1.25. The molecule has 0 heterocycles. The van der Waals surface area contributed by atoms with Crippen molar-refractivity contribution in [3.8, 4) is 5.75 Å². The maximum Gasteiger partial charge on any atom is 0.155 e. The molecular weight excluding hydrogens is 280 g/mol. The first-order valence-corrected chi connectivity index (χ1v) is 6.55. The molecule has 0 saturated heterocycles. The third-order valence-electron chi connectivity index (χ3n) is 2.58. The smallest absolute Gasteiger partial charge is 0.155 e. The second kappa shape index (κ2) is 6.05. The molecule has 0 bridgehead atoms. The quantitative estimate of drug-likeness (QED) is 0.644. The minimum Gasteiger partial charge on any atom is -0.482 e. The van der Waals surface area contributed by atoms with Crippen LogP contribution in [0, 0.1) is 5.41 Å². The molecule has 0 spiro atoms. The van der Waals surface area contributed by atoms with E-state index < -0.39 is 0 Å². The number of nitrogens with one attached hydrogen (secondary N) is 1. The first-order chi connectivity index (χ1) is 7.95. The van der Waals surface area contributed by atoms with Gasteiger partial charge in [0.1, 0.15) is 11.6 Å². The van der Waals surface area contributed by atoms with Crippen LogP contribution in [0.3, 0.4) is 0 Å². The lowest BCUT2D eigenvalue weighted by atomic mass is 10.0. The highest BCUT2D eigenvalue weighted by Gasteiger charge is 2.15. The molecule has 94 valence electrons. The lowest BCUT2D eigenvalue weighted by Gasteiger charge is -2.20. The summed E-state index contributed by atoms with van der Waals surface area (Å²) in [6, 6.07) is 5.91. The molecule has 1 aromatic rings. The third kappa shape index (κ3) is 3.73. The van der Waals surface area contributed by atoms with E-state index >= 15 is 0 Å². The summed E-state index contributed by atoms with van der Waals surface area (Å²) in [6.45, 7) is 6.19. The molecular formula is C13H19BrN2O. The molecule has 0 aliphatic rings. The topological polar surface area (TPSA) is 59.1 Å². The number of ether oxygens (including phenoxy) is 1. The van der Waals surface area contributed by atoms with Crippen LogP contribution in [-0.2, 0) is 0 Å². The fourth-order valence-corrected chi connectivity index (χ4v) is 1.98. The van der Waals surface area contributed by atoms with Crippen molar-refractivity contribution in [2.24, 2.45) is 5.73 Å². The van der Waals surface area contributed by atoms with E-state index in [2.05, 4.69) is 29.8 Å². The second-order valence-corrected chi connectivity index (χ2v) is 5.22. The Kier molecular flexibility index (Phi) is 5.00. The van der Waals surface area contributed by atoms with Gasteiger partial charge in [-0.1, -0.05) is 36.7 Å². The van der Waals surface area contributed by atoms with E-state index in [1.807, 2.05) is 25.1 Å². The van der Waals surface area contributed by atoms with E-state index in [0.29, 0.717) is 12.3 Å². The van der Waals surface area contributed by atoms with E-state index in [9.17, 15) is 0 Å². The zero-order chi connectivity index (χ0) is 13.0. The zero-order valence-corrected chi connectivity index (χ0v) is 12.0. The Hall–Kier alpha value is -1.03. The minimum atomic E-state index is -0.339. The predicted octanol–water partition coefficient (Wildman–Crippen LogP) is 3.67. The number of halogens is 1. The molecule has 1 aromatic carbocycles. The first-order valence-electron chi connectivity index (χ1n) is 5.75. The fraction of sp³-hybridized carbons (Fsp3) is 0.462. The normalized spacial score (nSPS) is 12.5. The Bertz CT molecular complexity index is 404. The van der Waals surface area contributed by atoms with Gasteiger partial charge in [-0.25, -0.2) is 0 Å². The Balaban J connectivity index is 3.01. The van der Waals surface area contributed by atoms with Crippen molar-refractivity contribution in [2.75, 3.05) is 0 Å². The van der Waals surface area contributed by atoms with E-state index in [4.69, 9.17) is 15.9 Å². The third-order valence-corrected chi connectivity index (χ3v) is 3.07. The van der Waals surface area contributed by atoms with E-state index in [0.717, 1.165) is 15.8 Å².